The van der Waals surface area contributed by atoms with Crippen LogP contribution in [0.25, 0.3) is 5.65 Å². The van der Waals surface area contributed by atoms with Crippen LogP contribution >= 0.6 is 0 Å². The largest absolute Gasteiger partial charge is 0.462 e. The molecule has 3 rings (SSSR count). The van der Waals surface area contributed by atoms with Crippen LogP contribution in [0.2, 0.25) is 0 Å². The summed E-state index contributed by atoms with van der Waals surface area (Å²) in [6.07, 6.45) is 3.24. The summed E-state index contributed by atoms with van der Waals surface area (Å²) >= 11 is 0. The van der Waals surface area contributed by atoms with E-state index in [1.54, 1.807) is 11.4 Å². The molecule has 2 aromatic rings. The molecular formula is C24H36N4O5. The van der Waals surface area contributed by atoms with Gasteiger partial charge in [-0.25, -0.2) is 14.1 Å². The van der Waals surface area contributed by atoms with Gasteiger partial charge >= 0.3 is 12.1 Å². The monoisotopic (exact) mass is 460 g/mol. The summed E-state index contributed by atoms with van der Waals surface area (Å²) in [5, 5.41) is 4.38. The molecule has 2 atom stereocenters. The number of hydrogen-bond acceptors (Lipinski definition) is 6. The first-order valence-electron chi connectivity index (χ1n) is 11.6. The molecule has 9 heteroatoms. The van der Waals surface area contributed by atoms with Crippen LogP contribution in [0.15, 0.2) is 17.1 Å². The number of aromatic amines is 1. The average molecular weight is 461 g/mol. The number of nitrogens with zero attached hydrogens (tertiary/aromatic N) is 3. The number of ether oxygens (including phenoxy) is 2. The minimum absolute atomic E-state index is 0.000912. The molecule has 0 bridgehead atoms. The smallest absolute Gasteiger partial charge is 0.410 e. The van der Waals surface area contributed by atoms with Gasteiger partial charge in [0.1, 0.15) is 11.2 Å². The highest BCUT2D eigenvalue weighted by atomic mass is 16.6. The van der Waals surface area contributed by atoms with E-state index in [4.69, 9.17) is 9.47 Å². The standard InChI is InChI=1S/C24H36N4O5/c1-8-32-21(30)17-14-25-28-18(12-19(29)26-20(17)28)15-9-10-27(22(31)33-24(5,6)7)16(11-15)13-23(2,3)4/h12,14-16H,8-11,13H2,1-7H3,(H,26,29). The molecule has 0 radical (unpaired) electrons. The molecule has 0 spiro atoms. The van der Waals surface area contributed by atoms with Crippen molar-refractivity contribution in [3.63, 3.8) is 0 Å². The number of likely N-dealkylation sites (tertiary alicyclic amines) is 1. The maximum atomic E-state index is 12.9. The molecular weight excluding hydrogens is 424 g/mol. The number of esters is 1. The molecule has 1 amide bonds. The maximum Gasteiger partial charge on any atom is 0.410 e. The Balaban J connectivity index is 1.95. The van der Waals surface area contributed by atoms with E-state index in [0.29, 0.717) is 25.0 Å². The third kappa shape index (κ3) is 5.94. The van der Waals surface area contributed by atoms with E-state index >= 15 is 0 Å². The topological polar surface area (TPSA) is 106 Å². The van der Waals surface area contributed by atoms with E-state index in [1.165, 1.54) is 12.3 Å². The third-order valence-electron chi connectivity index (χ3n) is 5.64. The molecule has 1 aliphatic rings. The summed E-state index contributed by atoms with van der Waals surface area (Å²) in [5.74, 6) is -0.526. The highest BCUT2D eigenvalue weighted by Crippen LogP contribution is 2.37. The molecule has 1 saturated heterocycles. The van der Waals surface area contributed by atoms with Crippen LogP contribution in [-0.2, 0) is 9.47 Å². The van der Waals surface area contributed by atoms with Crippen LogP contribution in [0.3, 0.4) is 0 Å². The number of piperidine rings is 1. The van der Waals surface area contributed by atoms with Gasteiger partial charge in [0, 0.05) is 24.6 Å². The highest BCUT2D eigenvalue weighted by molar-refractivity contribution is 5.95. The predicted molar refractivity (Wildman–Crippen MR) is 125 cm³/mol. The van der Waals surface area contributed by atoms with E-state index < -0.39 is 11.6 Å². The normalized spacial score (nSPS) is 19.5. The fourth-order valence-corrected chi connectivity index (χ4v) is 4.44. The van der Waals surface area contributed by atoms with Crippen LogP contribution in [0, 0.1) is 5.41 Å². The maximum absolute atomic E-state index is 12.9. The summed E-state index contributed by atoms with van der Waals surface area (Å²) in [4.78, 5) is 42.3. The van der Waals surface area contributed by atoms with Crippen LogP contribution in [-0.4, -0.2) is 56.4 Å². The van der Waals surface area contributed by atoms with Crippen molar-refractivity contribution in [2.75, 3.05) is 13.2 Å². The second-order valence-electron chi connectivity index (χ2n) is 10.9. The van der Waals surface area contributed by atoms with Crippen molar-refractivity contribution >= 4 is 17.7 Å². The minimum Gasteiger partial charge on any atom is -0.462 e. The number of fused-ring (bicyclic) bond motifs is 1. The van der Waals surface area contributed by atoms with E-state index in [9.17, 15) is 14.4 Å². The lowest BCUT2D eigenvalue weighted by atomic mass is 9.80. The molecule has 33 heavy (non-hydrogen) atoms. The third-order valence-corrected chi connectivity index (χ3v) is 5.64. The van der Waals surface area contributed by atoms with Gasteiger partial charge in [0.25, 0.3) is 5.56 Å². The molecule has 0 saturated carbocycles. The summed E-state index contributed by atoms with van der Waals surface area (Å²) < 4.78 is 12.4. The van der Waals surface area contributed by atoms with Gasteiger partial charge in [-0.2, -0.15) is 5.10 Å². The SMILES string of the molecule is CCOC(=O)c1cnn2c(C3CCN(C(=O)OC(C)(C)C)C(CC(C)(C)C)C3)cc(=O)[nH]c12. The second kappa shape index (κ2) is 9.19. The first-order valence-corrected chi connectivity index (χ1v) is 11.6. The van der Waals surface area contributed by atoms with Crippen molar-refractivity contribution in [3.8, 4) is 0 Å². The molecule has 9 nitrogen and oxygen atoms in total. The van der Waals surface area contributed by atoms with Gasteiger partial charge < -0.3 is 19.4 Å². The van der Waals surface area contributed by atoms with E-state index in [2.05, 4.69) is 30.9 Å². The van der Waals surface area contributed by atoms with Crippen LogP contribution in [0.5, 0.6) is 0 Å². The fourth-order valence-electron chi connectivity index (χ4n) is 4.44. The van der Waals surface area contributed by atoms with Crippen molar-refractivity contribution in [2.24, 2.45) is 5.41 Å². The van der Waals surface area contributed by atoms with Crippen molar-refractivity contribution in [1.82, 2.24) is 19.5 Å². The van der Waals surface area contributed by atoms with E-state index in [1.807, 2.05) is 25.7 Å². The van der Waals surface area contributed by atoms with Gasteiger partial charge in [-0.15, -0.1) is 0 Å². The van der Waals surface area contributed by atoms with Crippen LogP contribution in [0.4, 0.5) is 4.79 Å². The van der Waals surface area contributed by atoms with Gasteiger partial charge in [0.05, 0.1) is 18.5 Å². The number of aromatic nitrogens is 3. The zero-order valence-electron chi connectivity index (χ0n) is 20.7. The number of hydrogen-bond donors (Lipinski definition) is 1. The molecule has 0 aromatic carbocycles. The number of nitrogens with one attached hydrogen (secondary N) is 1. The predicted octanol–water partition coefficient (Wildman–Crippen LogP) is 4.12. The Morgan fingerprint density at radius 1 is 1.21 bits per heavy atom. The number of rotatable bonds is 4. The summed E-state index contributed by atoms with van der Waals surface area (Å²) in [7, 11) is 0. The lowest BCUT2D eigenvalue weighted by Gasteiger charge is -2.42. The lowest BCUT2D eigenvalue weighted by Crippen LogP contribution is -2.49. The van der Waals surface area contributed by atoms with Gasteiger partial charge in [-0.3, -0.25) is 4.79 Å². The molecule has 2 aromatic heterocycles. The Morgan fingerprint density at radius 3 is 2.52 bits per heavy atom. The Labute approximate surface area is 194 Å². The number of carbonyl (C=O) groups excluding carboxylic acids is 2. The van der Waals surface area contributed by atoms with Crippen molar-refractivity contribution in [3.05, 3.63) is 33.9 Å². The van der Waals surface area contributed by atoms with Gasteiger partial charge in [-0.1, -0.05) is 20.8 Å². The van der Waals surface area contributed by atoms with Gasteiger partial charge in [0.15, 0.2) is 5.65 Å². The second-order valence-corrected chi connectivity index (χ2v) is 10.9. The highest BCUT2D eigenvalue weighted by Gasteiger charge is 2.37. The van der Waals surface area contributed by atoms with E-state index in [-0.39, 0.29) is 41.2 Å². The van der Waals surface area contributed by atoms with Crippen LogP contribution < -0.4 is 5.56 Å². The Hall–Kier alpha value is -2.84. The van der Waals surface area contributed by atoms with Crippen LogP contribution in [0.1, 0.15) is 89.7 Å². The summed E-state index contributed by atoms with van der Waals surface area (Å²) in [6, 6.07) is 1.49. The Morgan fingerprint density at radius 2 is 1.91 bits per heavy atom. The van der Waals surface area contributed by atoms with E-state index in [0.717, 1.165) is 12.1 Å². The molecule has 2 unspecified atom stereocenters. The molecule has 1 fully saturated rings. The fraction of sp³-hybridized carbons (Fsp3) is 0.667. The van der Waals surface area contributed by atoms with Crippen molar-refractivity contribution < 1.29 is 19.1 Å². The van der Waals surface area contributed by atoms with Crippen molar-refractivity contribution in [2.45, 2.75) is 85.3 Å². The Bertz CT molecular complexity index is 1070. The summed E-state index contributed by atoms with van der Waals surface area (Å²) in [6.45, 7) is 14.5. The number of amides is 1. The number of H-pyrrole nitrogens is 1. The summed E-state index contributed by atoms with van der Waals surface area (Å²) in [5.41, 5.74) is 0.417. The van der Waals surface area contributed by atoms with Crippen molar-refractivity contribution in [1.29, 1.82) is 0 Å². The first-order chi connectivity index (χ1) is 15.3. The Kier molecular flexibility index (Phi) is 6.91. The lowest BCUT2D eigenvalue weighted by molar-refractivity contribution is 0.00256. The average Bonchev–Trinajstić information content (AvgIpc) is 3.08. The number of carbonyl (C=O) groups is 2. The molecule has 3 heterocycles. The molecule has 182 valence electrons. The first kappa shape index (κ1) is 24.8. The minimum atomic E-state index is -0.572. The van der Waals surface area contributed by atoms with Gasteiger partial charge in [0.2, 0.25) is 0 Å². The molecule has 1 N–H and O–H groups in total. The van der Waals surface area contributed by atoms with Gasteiger partial charge in [-0.05, 0) is 52.4 Å². The molecule has 0 aliphatic carbocycles. The quantitative estimate of drug-likeness (QED) is 0.688. The molecule has 1 aliphatic heterocycles. The zero-order chi connectivity index (χ0) is 24.6. The zero-order valence-corrected chi connectivity index (χ0v) is 20.7.